The number of fused-ring (bicyclic) bond motifs is 1. The molecule has 0 atom stereocenters. The molecule has 7 nitrogen and oxygen atoms in total. The molecule has 1 heterocycles. The van der Waals surface area contributed by atoms with Gasteiger partial charge in [-0.2, -0.15) is 0 Å². The van der Waals surface area contributed by atoms with Gasteiger partial charge in [-0.1, -0.05) is 18.2 Å². The maximum Gasteiger partial charge on any atom is 0.354 e. The highest BCUT2D eigenvalue weighted by Gasteiger charge is 2.22. The van der Waals surface area contributed by atoms with Crippen molar-refractivity contribution in [3.8, 4) is 11.6 Å². The molecule has 128 valence electrons. The van der Waals surface area contributed by atoms with Crippen LogP contribution >= 0.6 is 11.3 Å². The summed E-state index contributed by atoms with van der Waals surface area (Å²) in [5, 5.41) is 12.9. The lowest BCUT2D eigenvalue weighted by atomic mass is 10.1. The van der Waals surface area contributed by atoms with E-state index in [1.807, 2.05) is 0 Å². The molecule has 3 aromatic rings. The second-order valence-electron chi connectivity index (χ2n) is 5.08. The number of hydrogen-bond donors (Lipinski definition) is 0. The van der Waals surface area contributed by atoms with Crippen LogP contribution in [0, 0.1) is 17.0 Å². The molecular formula is C17H14N2O5S. The maximum absolute atomic E-state index is 12.1. The van der Waals surface area contributed by atoms with Gasteiger partial charge in [0, 0.05) is 11.5 Å². The molecule has 0 radical (unpaired) electrons. The molecule has 0 spiro atoms. The fraction of sp³-hybridized carbons (Fsp3) is 0.176. The molecule has 0 amide bonds. The summed E-state index contributed by atoms with van der Waals surface area (Å²) < 4.78 is 10.8. The second kappa shape index (κ2) is 6.86. The molecule has 0 unspecified atom stereocenters. The summed E-state index contributed by atoms with van der Waals surface area (Å²) in [6.07, 6.45) is 0. The van der Waals surface area contributed by atoms with Gasteiger partial charge in [0.1, 0.15) is 5.75 Å². The summed E-state index contributed by atoms with van der Waals surface area (Å²) in [7, 11) is 0. The molecule has 3 rings (SSSR count). The number of non-ortho nitro benzene ring substituents is 1. The SMILES string of the molecule is CCOC(=O)c1sc(C)nc1Oc1ccc([N+](=O)[O-])c2ccccc12. The van der Waals surface area contributed by atoms with Gasteiger partial charge in [-0.05, 0) is 26.0 Å². The van der Waals surface area contributed by atoms with Crippen LogP contribution in [0.5, 0.6) is 11.6 Å². The van der Waals surface area contributed by atoms with Gasteiger partial charge in [0.25, 0.3) is 5.69 Å². The van der Waals surface area contributed by atoms with Gasteiger partial charge in [0.15, 0.2) is 4.88 Å². The Labute approximate surface area is 147 Å². The van der Waals surface area contributed by atoms with Gasteiger partial charge in [-0.15, -0.1) is 11.3 Å². The fourth-order valence-electron chi connectivity index (χ4n) is 2.41. The Morgan fingerprint density at radius 3 is 2.64 bits per heavy atom. The third-order valence-corrected chi connectivity index (χ3v) is 4.36. The monoisotopic (exact) mass is 358 g/mol. The van der Waals surface area contributed by atoms with Gasteiger partial charge in [0.05, 0.1) is 21.9 Å². The van der Waals surface area contributed by atoms with Crippen molar-refractivity contribution in [1.82, 2.24) is 4.98 Å². The van der Waals surface area contributed by atoms with Crippen molar-refractivity contribution in [2.45, 2.75) is 13.8 Å². The first-order chi connectivity index (χ1) is 12.0. The number of aromatic nitrogens is 1. The second-order valence-corrected chi connectivity index (χ2v) is 6.28. The van der Waals surface area contributed by atoms with Crippen LogP contribution in [-0.2, 0) is 4.74 Å². The molecule has 25 heavy (non-hydrogen) atoms. The highest BCUT2D eigenvalue weighted by atomic mass is 32.1. The van der Waals surface area contributed by atoms with Crippen molar-refractivity contribution in [2.24, 2.45) is 0 Å². The predicted octanol–water partition coefficient (Wildman–Crippen LogP) is 4.48. The Bertz CT molecular complexity index is 967. The number of nitrogens with zero attached hydrogens (tertiary/aromatic N) is 2. The molecule has 8 heteroatoms. The Kier molecular flexibility index (Phi) is 4.62. The van der Waals surface area contributed by atoms with Crippen LogP contribution in [0.15, 0.2) is 36.4 Å². The number of nitro groups is 1. The average Bonchev–Trinajstić information content (AvgIpc) is 2.95. The van der Waals surface area contributed by atoms with Crippen LogP contribution in [0.4, 0.5) is 5.69 Å². The zero-order valence-corrected chi connectivity index (χ0v) is 14.3. The highest BCUT2D eigenvalue weighted by Crippen LogP contribution is 2.37. The van der Waals surface area contributed by atoms with Crippen molar-refractivity contribution < 1.29 is 19.2 Å². The first-order valence-electron chi connectivity index (χ1n) is 7.49. The molecule has 0 aliphatic heterocycles. The van der Waals surface area contributed by atoms with Crippen molar-refractivity contribution in [2.75, 3.05) is 6.61 Å². The van der Waals surface area contributed by atoms with Gasteiger partial charge < -0.3 is 9.47 Å². The lowest BCUT2D eigenvalue weighted by Gasteiger charge is -2.08. The van der Waals surface area contributed by atoms with Crippen LogP contribution in [-0.4, -0.2) is 22.5 Å². The van der Waals surface area contributed by atoms with Crippen LogP contribution in [0.1, 0.15) is 21.6 Å². The molecular weight excluding hydrogens is 344 g/mol. The van der Waals surface area contributed by atoms with E-state index < -0.39 is 10.9 Å². The van der Waals surface area contributed by atoms with Crippen LogP contribution in [0.25, 0.3) is 10.8 Å². The molecule has 0 bridgehead atoms. The van der Waals surface area contributed by atoms with E-state index in [9.17, 15) is 14.9 Å². The van der Waals surface area contributed by atoms with E-state index >= 15 is 0 Å². The molecule has 0 fully saturated rings. The van der Waals surface area contributed by atoms with Crippen LogP contribution in [0.2, 0.25) is 0 Å². The minimum atomic E-state index is -0.505. The summed E-state index contributed by atoms with van der Waals surface area (Å²) in [5.74, 6) is 0.0197. The van der Waals surface area contributed by atoms with Gasteiger partial charge in [0.2, 0.25) is 5.88 Å². The third kappa shape index (κ3) is 3.29. The third-order valence-electron chi connectivity index (χ3n) is 3.43. The number of aryl methyl sites for hydroxylation is 1. The van der Waals surface area contributed by atoms with Gasteiger partial charge in [-0.3, -0.25) is 10.1 Å². The summed E-state index contributed by atoms with van der Waals surface area (Å²) in [5.41, 5.74) is -0.0111. The lowest BCUT2D eigenvalue weighted by molar-refractivity contribution is -0.383. The standard InChI is InChI=1S/C17H14N2O5S/c1-3-23-17(20)15-16(18-10(2)25-15)24-14-9-8-13(19(21)22)11-6-4-5-7-12(11)14/h4-9H,3H2,1-2H3. The number of carbonyl (C=O) groups is 1. The summed E-state index contributed by atoms with van der Waals surface area (Å²) in [4.78, 5) is 27.3. The largest absolute Gasteiger partial charge is 0.462 e. The predicted molar refractivity (Wildman–Crippen MR) is 93.5 cm³/mol. The van der Waals surface area contributed by atoms with Crippen molar-refractivity contribution in [3.05, 3.63) is 56.4 Å². The number of nitro benzene ring substituents is 1. The lowest BCUT2D eigenvalue weighted by Crippen LogP contribution is -2.04. The van der Waals surface area contributed by atoms with E-state index in [1.54, 1.807) is 38.1 Å². The molecule has 0 N–H and O–H groups in total. The van der Waals surface area contributed by atoms with E-state index in [0.29, 0.717) is 21.5 Å². The van der Waals surface area contributed by atoms with Crippen molar-refractivity contribution in [1.29, 1.82) is 0 Å². The first-order valence-corrected chi connectivity index (χ1v) is 8.31. The quantitative estimate of drug-likeness (QED) is 0.379. The molecule has 2 aromatic carbocycles. The Morgan fingerprint density at radius 2 is 1.96 bits per heavy atom. The molecule has 1 aromatic heterocycles. The van der Waals surface area contributed by atoms with Gasteiger partial charge in [-0.25, -0.2) is 9.78 Å². The van der Waals surface area contributed by atoms with E-state index in [4.69, 9.17) is 9.47 Å². The number of hydrogen-bond acceptors (Lipinski definition) is 7. The van der Waals surface area contributed by atoms with E-state index in [1.165, 1.54) is 23.5 Å². The van der Waals surface area contributed by atoms with Crippen LogP contribution in [0.3, 0.4) is 0 Å². The molecule has 0 aliphatic carbocycles. The number of ether oxygens (including phenoxy) is 2. The zero-order valence-electron chi connectivity index (χ0n) is 13.5. The average molecular weight is 358 g/mol. The molecule has 0 aliphatic rings. The number of benzene rings is 2. The van der Waals surface area contributed by atoms with Crippen molar-refractivity contribution in [3.63, 3.8) is 0 Å². The first kappa shape index (κ1) is 16.8. The Morgan fingerprint density at radius 1 is 1.24 bits per heavy atom. The number of rotatable bonds is 5. The smallest absolute Gasteiger partial charge is 0.354 e. The maximum atomic E-state index is 12.1. The fourth-order valence-corrected chi connectivity index (χ4v) is 3.15. The number of carbonyl (C=O) groups excluding carboxylic acids is 1. The zero-order chi connectivity index (χ0) is 18.0. The van der Waals surface area contributed by atoms with Gasteiger partial charge >= 0.3 is 5.97 Å². The summed E-state index contributed by atoms with van der Waals surface area (Å²) in [6.45, 7) is 3.72. The normalized spacial score (nSPS) is 10.6. The van der Waals surface area contributed by atoms with Crippen LogP contribution < -0.4 is 4.74 Å². The molecule has 0 saturated carbocycles. The van der Waals surface area contributed by atoms with E-state index in [2.05, 4.69) is 4.98 Å². The topological polar surface area (TPSA) is 91.6 Å². The van der Waals surface area contributed by atoms with E-state index in [-0.39, 0.29) is 23.1 Å². The minimum Gasteiger partial charge on any atom is -0.462 e. The Hall–Kier alpha value is -3.00. The number of esters is 1. The highest BCUT2D eigenvalue weighted by molar-refractivity contribution is 7.13. The minimum absolute atomic E-state index is 0.0111. The summed E-state index contributed by atoms with van der Waals surface area (Å²) in [6, 6.07) is 9.73. The van der Waals surface area contributed by atoms with E-state index in [0.717, 1.165) is 0 Å². The molecule has 0 saturated heterocycles. The number of thiazole rings is 1. The Balaban J connectivity index is 2.07. The summed E-state index contributed by atoms with van der Waals surface area (Å²) >= 11 is 1.18. The van der Waals surface area contributed by atoms with Crippen molar-refractivity contribution >= 4 is 33.8 Å².